The quantitative estimate of drug-likeness (QED) is 0.334. The number of thiophene rings is 1. The fourth-order valence-corrected chi connectivity index (χ4v) is 6.43. The van der Waals surface area contributed by atoms with Gasteiger partial charge in [0.2, 0.25) is 5.91 Å². The van der Waals surface area contributed by atoms with Crippen molar-refractivity contribution in [3.63, 3.8) is 0 Å². The number of aromatic nitrogens is 2. The van der Waals surface area contributed by atoms with Gasteiger partial charge >= 0.3 is 0 Å². The average Bonchev–Trinajstić information content (AvgIpc) is 3.16. The van der Waals surface area contributed by atoms with E-state index in [0.717, 1.165) is 45.9 Å². The van der Waals surface area contributed by atoms with E-state index in [1.165, 1.54) is 28.6 Å². The predicted octanol–water partition coefficient (Wildman–Crippen LogP) is 5.24. The molecule has 0 saturated carbocycles. The van der Waals surface area contributed by atoms with Crippen LogP contribution < -0.4 is 10.9 Å². The Morgan fingerprint density at radius 2 is 1.97 bits per heavy atom. The Morgan fingerprint density at radius 3 is 2.84 bits per heavy atom. The molecule has 0 atom stereocenters. The third kappa shape index (κ3) is 3.77. The summed E-state index contributed by atoms with van der Waals surface area (Å²) in [7, 11) is 0. The lowest BCUT2D eigenvalue weighted by Gasteiger charge is -2.12. The van der Waals surface area contributed by atoms with Gasteiger partial charge in [-0.2, -0.15) is 0 Å². The number of nitrogens with zero attached hydrogens (tertiary/aromatic N) is 2. The molecule has 0 fully saturated rings. The number of amides is 1. The van der Waals surface area contributed by atoms with Crippen LogP contribution >= 0.6 is 23.1 Å². The van der Waals surface area contributed by atoms with Crippen LogP contribution in [-0.2, 0) is 24.2 Å². The van der Waals surface area contributed by atoms with Crippen molar-refractivity contribution in [2.45, 2.75) is 44.3 Å². The van der Waals surface area contributed by atoms with Gasteiger partial charge in [0.1, 0.15) is 4.83 Å². The molecule has 0 saturated heterocycles. The van der Waals surface area contributed by atoms with Crippen molar-refractivity contribution in [3.05, 3.63) is 63.3 Å². The maximum atomic E-state index is 13.2. The van der Waals surface area contributed by atoms with Gasteiger partial charge in [0.15, 0.2) is 5.16 Å². The molecule has 2 aromatic carbocycles. The molecule has 1 aliphatic carbocycles. The van der Waals surface area contributed by atoms with E-state index in [1.54, 1.807) is 15.9 Å². The topological polar surface area (TPSA) is 64.0 Å². The molecular weight excluding hydrogens is 426 g/mol. The first-order valence-electron chi connectivity index (χ1n) is 10.6. The lowest BCUT2D eigenvalue weighted by molar-refractivity contribution is -0.113. The van der Waals surface area contributed by atoms with Gasteiger partial charge in [-0.25, -0.2) is 4.98 Å². The Morgan fingerprint density at radius 1 is 1.16 bits per heavy atom. The van der Waals surface area contributed by atoms with Gasteiger partial charge in [-0.1, -0.05) is 48.2 Å². The maximum absolute atomic E-state index is 13.2. The lowest BCUT2D eigenvalue weighted by atomic mass is 9.97. The molecular formula is C24H23N3O2S2. The first kappa shape index (κ1) is 20.3. The largest absolute Gasteiger partial charge is 0.325 e. The van der Waals surface area contributed by atoms with E-state index >= 15 is 0 Å². The van der Waals surface area contributed by atoms with Gasteiger partial charge in [-0.05, 0) is 49.6 Å². The summed E-state index contributed by atoms with van der Waals surface area (Å²) < 4.78 is 1.71. The number of aryl methyl sites for hydroxylation is 2. The number of nitrogens with one attached hydrogen (secondary N) is 1. The van der Waals surface area contributed by atoms with Crippen LogP contribution in [0, 0.1) is 0 Å². The second kappa shape index (κ2) is 8.48. The van der Waals surface area contributed by atoms with Crippen molar-refractivity contribution >= 4 is 55.7 Å². The minimum Gasteiger partial charge on any atom is -0.325 e. The van der Waals surface area contributed by atoms with Crippen LogP contribution in [0.1, 0.15) is 30.2 Å². The summed E-state index contributed by atoms with van der Waals surface area (Å²) in [5.41, 5.74) is 2.03. The minimum atomic E-state index is -0.108. The summed E-state index contributed by atoms with van der Waals surface area (Å²) >= 11 is 2.97. The van der Waals surface area contributed by atoms with E-state index in [0.29, 0.717) is 11.7 Å². The standard InChI is InChI=1S/C24H23N3O2S2/c1-2-27-23(29)21-17-11-5-6-13-19(17)31-22(21)26-24(27)30-14-20(28)25-18-12-7-9-15-8-3-4-10-16(15)18/h3-4,7-10,12H,2,5-6,11,13-14H2,1H3,(H,25,28). The molecule has 0 spiro atoms. The van der Waals surface area contributed by atoms with Crippen LogP contribution in [0.5, 0.6) is 0 Å². The summed E-state index contributed by atoms with van der Waals surface area (Å²) in [5.74, 6) is 0.0931. The summed E-state index contributed by atoms with van der Waals surface area (Å²) in [4.78, 5) is 32.8. The van der Waals surface area contributed by atoms with E-state index in [2.05, 4.69) is 5.32 Å². The molecule has 158 valence electrons. The number of carbonyl (C=O) groups excluding carboxylic acids is 1. The Hall–Kier alpha value is -2.64. The van der Waals surface area contributed by atoms with Gasteiger partial charge in [0.25, 0.3) is 5.56 Å². The second-order valence-electron chi connectivity index (χ2n) is 7.70. The monoisotopic (exact) mass is 449 g/mol. The Balaban J connectivity index is 1.40. The zero-order valence-corrected chi connectivity index (χ0v) is 18.9. The normalized spacial score (nSPS) is 13.5. The molecule has 4 aromatic rings. The Bertz CT molecular complexity index is 1350. The predicted molar refractivity (Wildman–Crippen MR) is 129 cm³/mol. The number of benzene rings is 2. The highest BCUT2D eigenvalue weighted by atomic mass is 32.2. The minimum absolute atomic E-state index is 0.0314. The van der Waals surface area contributed by atoms with Gasteiger partial charge in [0.05, 0.1) is 11.1 Å². The highest BCUT2D eigenvalue weighted by molar-refractivity contribution is 7.99. The molecule has 1 N–H and O–H groups in total. The molecule has 5 nitrogen and oxygen atoms in total. The Labute approximate surface area is 188 Å². The van der Waals surface area contributed by atoms with Crippen molar-refractivity contribution < 1.29 is 4.79 Å². The highest BCUT2D eigenvalue weighted by Crippen LogP contribution is 2.34. The number of thioether (sulfide) groups is 1. The van der Waals surface area contributed by atoms with Crippen LogP contribution in [0.4, 0.5) is 5.69 Å². The highest BCUT2D eigenvalue weighted by Gasteiger charge is 2.22. The summed E-state index contributed by atoms with van der Waals surface area (Å²) in [6.45, 7) is 2.49. The average molecular weight is 450 g/mol. The van der Waals surface area contributed by atoms with Crippen molar-refractivity contribution in [3.8, 4) is 0 Å². The third-order valence-electron chi connectivity index (χ3n) is 5.75. The van der Waals surface area contributed by atoms with Crippen molar-refractivity contribution in [2.24, 2.45) is 0 Å². The number of hydrogen-bond acceptors (Lipinski definition) is 5. The molecule has 1 aliphatic rings. The van der Waals surface area contributed by atoms with E-state index in [-0.39, 0.29) is 17.2 Å². The molecule has 0 unspecified atom stereocenters. The van der Waals surface area contributed by atoms with Crippen molar-refractivity contribution in [1.29, 1.82) is 0 Å². The molecule has 0 radical (unpaired) electrons. The Kier molecular flexibility index (Phi) is 5.54. The number of rotatable bonds is 5. The molecule has 1 amide bonds. The van der Waals surface area contributed by atoms with E-state index < -0.39 is 0 Å². The maximum Gasteiger partial charge on any atom is 0.263 e. The molecule has 2 aromatic heterocycles. The van der Waals surface area contributed by atoms with Crippen LogP contribution in [0.25, 0.3) is 21.0 Å². The lowest BCUT2D eigenvalue weighted by Crippen LogP contribution is -2.24. The number of hydrogen-bond donors (Lipinski definition) is 1. The first-order chi connectivity index (χ1) is 15.2. The van der Waals surface area contributed by atoms with Crippen LogP contribution in [0.3, 0.4) is 0 Å². The van der Waals surface area contributed by atoms with Crippen LogP contribution in [0.15, 0.2) is 52.4 Å². The van der Waals surface area contributed by atoms with Crippen molar-refractivity contribution in [2.75, 3.05) is 11.1 Å². The molecule has 5 rings (SSSR count). The van der Waals surface area contributed by atoms with Crippen molar-refractivity contribution in [1.82, 2.24) is 9.55 Å². The zero-order chi connectivity index (χ0) is 21.4. The fraction of sp³-hybridized carbons (Fsp3) is 0.292. The smallest absolute Gasteiger partial charge is 0.263 e. The fourth-order valence-electron chi connectivity index (χ4n) is 4.26. The summed E-state index contributed by atoms with van der Waals surface area (Å²) in [6.07, 6.45) is 4.32. The third-order valence-corrected chi connectivity index (χ3v) is 7.91. The molecule has 0 aliphatic heterocycles. The molecule has 31 heavy (non-hydrogen) atoms. The summed E-state index contributed by atoms with van der Waals surface area (Å²) in [5, 5.41) is 6.52. The summed E-state index contributed by atoms with van der Waals surface area (Å²) in [6, 6.07) is 13.9. The van der Waals surface area contributed by atoms with E-state index in [1.807, 2.05) is 49.4 Å². The molecule has 0 bridgehead atoms. The second-order valence-corrected chi connectivity index (χ2v) is 9.72. The van der Waals surface area contributed by atoms with E-state index in [9.17, 15) is 9.59 Å². The number of carbonyl (C=O) groups is 1. The number of fused-ring (bicyclic) bond motifs is 4. The van der Waals surface area contributed by atoms with E-state index in [4.69, 9.17) is 4.98 Å². The molecule has 2 heterocycles. The van der Waals surface area contributed by atoms with Crippen LogP contribution in [0.2, 0.25) is 0 Å². The first-order valence-corrected chi connectivity index (χ1v) is 12.4. The van der Waals surface area contributed by atoms with Gasteiger partial charge in [-0.15, -0.1) is 11.3 Å². The molecule has 7 heteroatoms. The van der Waals surface area contributed by atoms with Gasteiger partial charge in [0, 0.05) is 22.5 Å². The zero-order valence-electron chi connectivity index (χ0n) is 17.3. The van der Waals surface area contributed by atoms with Crippen LogP contribution in [-0.4, -0.2) is 21.2 Å². The SMILES string of the molecule is CCn1c(SCC(=O)Nc2cccc3ccccc23)nc2sc3c(c2c1=O)CCCC3. The number of anilines is 1. The van der Waals surface area contributed by atoms with Gasteiger partial charge in [-0.3, -0.25) is 14.2 Å². The van der Waals surface area contributed by atoms with Gasteiger partial charge < -0.3 is 5.32 Å².